The molecule has 8 heteroatoms. The van der Waals surface area contributed by atoms with Crippen LogP contribution in [-0.4, -0.2) is 41.5 Å². The molecule has 6 heterocycles. The topological polar surface area (TPSA) is 97.2 Å². The quantitative estimate of drug-likeness (QED) is 0.475. The second-order valence-corrected chi connectivity index (χ2v) is 7.68. The number of H-pyrrole nitrogens is 1. The van der Waals surface area contributed by atoms with Crippen molar-refractivity contribution in [3.05, 3.63) is 66.4 Å². The number of nitrogens with zero attached hydrogens (tertiary/aromatic N) is 6. The number of nitrogens with one attached hydrogen (secondary N) is 2. The van der Waals surface area contributed by atoms with Gasteiger partial charge in [-0.15, -0.1) is 0 Å². The van der Waals surface area contributed by atoms with Crippen LogP contribution in [-0.2, 0) is 13.1 Å². The first kappa shape index (κ1) is 17.9. The molecule has 5 aromatic rings. The van der Waals surface area contributed by atoms with E-state index in [9.17, 15) is 0 Å². The number of hydrogen-bond acceptors (Lipinski definition) is 6. The lowest BCUT2D eigenvalue weighted by atomic mass is 10.0. The zero-order valence-corrected chi connectivity index (χ0v) is 17.0. The van der Waals surface area contributed by atoms with Gasteiger partial charge in [0, 0.05) is 42.3 Å². The van der Waals surface area contributed by atoms with Gasteiger partial charge in [-0.3, -0.25) is 19.7 Å². The maximum atomic E-state index is 5.00. The van der Waals surface area contributed by atoms with E-state index in [0.717, 1.165) is 75.8 Å². The summed E-state index contributed by atoms with van der Waals surface area (Å²) in [4.78, 5) is 14.3. The summed E-state index contributed by atoms with van der Waals surface area (Å²) >= 11 is 0. The van der Waals surface area contributed by atoms with Crippen LogP contribution in [0.25, 0.3) is 44.8 Å². The summed E-state index contributed by atoms with van der Waals surface area (Å²) in [7, 11) is 0. The second-order valence-electron chi connectivity index (χ2n) is 7.68. The first-order valence-corrected chi connectivity index (χ1v) is 10.3. The van der Waals surface area contributed by atoms with Gasteiger partial charge >= 0.3 is 0 Å². The molecular formula is C23H20N8. The predicted octanol–water partition coefficient (Wildman–Crippen LogP) is 3.36. The summed E-state index contributed by atoms with van der Waals surface area (Å²) in [6.45, 7) is 4.48. The monoisotopic (exact) mass is 408 g/mol. The molecule has 0 aliphatic carbocycles. The molecule has 0 bridgehead atoms. The van der Waals surface area contributed by atoms with Crippen molar-refractivity contribution in [3.63, 3.8) is 0 Å². The Bertz CT molecular complexity index is 1400. The Labute approximate surface area is 178 Å². The van der Waals surface area contributed by atoms with Gasteiger partial charge in [-0.05, 0) is 37.3 Å². The highest BCUT2D eigenvalue weighted by Gasteiger charge is 2.24. The van der Waals surface area contributed by atoms with E-state index in [4.69, 9.17) is 15.1 Å². The maximum Gasteiger partial charge on any atom is 0.120 e. The number of aromatic nitrogens is 7. The van der Waals surface area contributed by atoms with Crippen molar-refractivity contribution in [1.29, 1.82) is 0 Å². The van der Waals surface area contributed by atoms with Gasteiger partial charge < -0.3 is 5.32 Å². The molecule has 0 radical (unpaired) electrons. The maximum absolute atomic E-state index is 5.00. The molecule has 0 aromatic carbocycles. The average molecular weight is 408 g/mol. The van der Waals surface area contributed by atoms with E-state index in [0.29, 0.717) is 0 Å². The number of rotatable bonds is 3. The van der Waals surface area contributed by atoms with Crippen molar-refractivity contribution in [1.82, 2.24) is 40.2 Å². The lowest BCUT2D eigenvalue weighted by Gasteiger charge is -2.16. The number of fused-ring (bicyclic) bond motifs is 2. The third kappa shape index (κ3) is 3.08. The van der Waals surface area contributed by atoms with Crippen LogP contribution in [0.15, 0.2) is 55.0 Å². The summed E-state index contributed by atoms with van der Waals surface area (Å²) in [5.41, 5.74) is 9.39. The van der Waals surface area contributed by atoms with Crippen molar-refractivity contribution < 1.29 is 0 Å². The standard InChI is InChI=1S/C23H20N8/c1-14-3-2-4-19(28-14)23-22(21-13-24-7-8-31(21)30-23)18-6-5-17-20(29-18)9-15(10-25-17)16-11-26-27-12-16/h2-6,9-12,24H,7-8,13H2,1H3,(H,26,27). The average Bonchev–Trinajstić information content (AvgIpc) is 3.47. The van der Waals surface area contributed by atoms with Crippen LogP contribution in [0.3, 0.4) is 0 Å². The van der Waals surface area contributed by atoms with Crippen molar-refractivity contribution in [2.24, 2.45) is 0 Å². The Morgan fingerprint density at radius 2 is 1.94 bits per heavy atom. The SMILES string of the molecule is Cc1cccc(-c2nn3c(c2-c2ccc4ncc(-c5cn[nH]c5)cc4n2)CNCC3)n1. The molecule has 1 aliphatic heterocycles. The fourth-order valence-corrected chi connectivity index (χ4v) is 4.09. The van der Waals surface area contributed by atoms with Crippen molar-refractivity contribution in [2.45, 2.75) is 20.0 Å². The van der Waals surface area contributed by atoms with Crippen LogP contribution < -0.4 is 5.32 Å². The molecule has 0 saturated carbocycles. The molecule has 5 aromatic heterocycles. The van der Waals surface area contributed by atoms with Crippen molar-refractivity contribution in [3.8, 4) is 33.8 Å². The minimum absolute atomic E-state index is 0.751. The van der Waals surface area contributed by atoms with Gasteiger partial charge in [0.15, 0.2) is 0 Å². The van der Waals surface area contributed by atoms with Gasteiger partial charge in [-0.1, -0.05) is 6.07 Å². The Kier molecular flexibility index (Phi) is 4.10. The molecule has 2 N–H and O–H groups in total. The fraction of sp³-hybridized carbons (Fsp3) is 0.174. The van der Waals surface area contributed by atoms with E-state index >= 15 is 0 Å². The van der Waals surface area contributed by atoms with Gasteiger partial charge in [0.2, 0.25) is 0 Å². The highest BCUT2D eigenvalue weighted by molar-refractivity contribution is 5.86. The molecule has 0 atom stereocenters. The van der Waals surface area contributed by atoms with Crippen molar-refractivity contribution >= 4 is 11.0 Å². The Balaban J connectivity index is 1.55. The van der Waals surface area contributed by atoms with E-state index in [1.165, 1.54) is 0 Å². The summed E-state index contributed by atoms with van der Waals surface area (Å²) < 4.78 is 2.08. The molecule has 8 nitrogen and oxygen atoms in total. The van der Waals surface area contributed by atoms with Gasteiger partial charge in [-0.2, -0.15) is 10.2 Å². The minimum atomic E-state index is 0.751. The van der Waals surface area contributed by atoms with E-state index in [1.54, 1.807) is 6.20 Å². The molecule has 31 heavy (non-hydrogen) atoms. The second kappa shape index (κ2) is 7.10. The molecule has 0 amide bonds. The van der Waals surface area contributed by atoms with E-state index in [2.05, 4.69) is 31.2 Å². The van der Waals surface area contributed by atoms with Crippen LogP contribution in [0.4, 0.5) is 0 Å². The third-order valence-electron chi connectivity index (χ3n) is 5.61. The zero-order valence-electron chi connectivity index (χ0n) is 17.0. The highest BCUT2D eigenvalue weighted by atomic mass is 15.3. The number of aromatic amines is 1. The number of pyridine rings is 3. The van der Waals surface area contributed by atoms with Crippen LogP contribution in [0.1, 0.15) is 11.4 Å². The van der Waals surface area contributed by atoms with Gasteiger partial charge in [0.25, 0.3) is 0 Å². The molecule has 0 unspecified atom stereocenters. The van der Waals surface area contributed by atoms with E-state index in [1.807, 2.05) is 49.6 Å². The van der Waals surface area contributed by atoms with Crippen LogP contribution >= 0.6 is 0 Å². The molecular weight excluding hydrogens is 388 g/mol. The first-order valence-electron chi connectivity index (χ1n) is 10.3. The third-order valence-corrected chi connectivity index (χ3v) is 5.61. The lowest BCUT2D eigenvalue weighted by Crippen LogP contribution is -2.28. The van der Waals surface area contributed by atoms with Crippen LogP contribution in [0.2, 0.25) is 0 Å². The number of hydrogen-bond donors (Lipinski definition) is 2. The molecule has 0 fully saturated rings. The van der Waals surface area contributed by atoms with Gasteiger partial charge in [-0.25, -0.2) is 4.98 Å². The lowest BCUT2D eigenvalue weighted by molar-refractivity contribution is 0.477. The number of aryl methyl sites for hydroxylation is 1. The summed E-state index contributed by atoms with van der Waals surface area (Å²) in [5, 5.41) is 15.3. The van der Waals surface area contributed by atoms with Crippen LogP contribution in [0, 0.1) is 6.92 Å². The van der Waals surface area contributed by atoms with Crippen LogP contribution in [0.5, 0.6) is 0 Å². The molecule has 0 saturated heterocycles. The summed E-state index contributed by atoms with van der Waals surface area (Å²) in [5.74, 6) is 0. The summed E-state index contributed by atoms with van der Waals surface area (Å²) in [6, 6.07) is 12.1. The molecule has 6 rings (SSSR count). The fourth-order valence-electron chi connectivity index (χ4n) is 4.09. The largest absolute Gasteiger partial charge is 0.309 e. The Morgan fingerprint density at radius 1 is 0.968 bits per heavy atom. The highest BCUT2D eigenvalue weighted by Crippen LogP contribution is 2.35. The normalized spacial score (nSPS) is 13.5. The minimum Gasteiger partial charge on any atom is -0.309 e. The van der Waals surface area contributed by atoms with E-state index < -0.39 is 0 Å². The van der Waals surface area contributed by atoms with Gasteiger partial charge in [0.1, 0.15) is 5.69 Å². The Morgan fingerprint density at radius 3 is 2.81 bits per heavy atom. The molecule has 0 spiro atoms. The molecule has 1 aliphatic rings. The Hall–Kier alpha value is -3.91. The smallest absolute Gasteiger partial charge is 0.120 e. The zero-order chi connectivity index (χ0) is 20.8. The van der Waals surface area contributed by atoms with Crippen molar-refractivity contribution in [2.75, 3.05) is 6.54 Å². The van der Waals surface area contributed by atoms with Gasteiger partial charge in [0.05, 0.1) is 46.4 Å². The molecule has 152 valence electrons. The summed E-state index contributed by atoms with van der Waals surface area (Å²) in [6.07, 6.45) is 5.49. The first-order chi connectivity index (χ1) is 15.3. The predicted molar refractivity (Wildman–Crippen MR) is 118 cm³/mol. The van der Waals surface area contributed by atoms with E-state index in [-0.39, 0.29) is 0 Å².